The van der Waals surface area contributed by atoms with E-state index < -0.39 is 18.0 Å². The van der Waals surface area contributed by atoms with E-state index in [1.807, 2.05) is 36.4 Å². The van der Waals surface area contributed by atoms with Gasteiger partial charge in [0.2, 0.25) is 5.79 Å². The molecule has 23 heavy (non-hydrogen) atoms. The van der Waals surface area contributed by atoms with E-state index >= 15 is 0 Å². The number of aliphatic hydroxyl groups excluding tert-OH is 3. The fraction of sp³-hybridized carbons (Fsp3) is 0.444. The van der Waals surface area contributed by atoms with E-state index in [2.05, 4.69) is 0 Å². The summed E-state index contributed by atoms with van der Waals surface area (Å²) in [6, 6.07) is 11.9. The quantitative estimate of drug-likeness (QED) is 0.781. The molecule has 0 radical (unpaired) electrons. The van der Waals surface area contributed by atoms with E-state index in [4.69, 9.17) is 9.47 Å². The molecule has 1 saturated heterocycles. The normalized spacial score (nSPS) is 33.3. The average Bonchev–Trinajstić information content (AvgIpc) is 2.93. The largest absolute Gasteiger partial charge is 0.396 e. The molecule has 1 spiro atoms. The molecule has 4 atom stereocenters. The summed E-state index contributed by atoms with van der Waals surface area (Å²) in [5, 5.41) is 32.2. The van der Waals surface area contributed by atoms with E-state index in [1.54, 1.807) is 0 Å². The van der Waals surface area contributed by atoms with Crippen LogP contribution in [0, 0.1) is 0 Å². The smallest absolute Gasteiger partial charge is 0.226 e. The molecule has 5 heteroatoms. The summed E-state index contributed by atoms with van der Waals surface area (Å²) in [6.45, 7) is 0.293. The van der Waals surface area contributed by atoms with Crippen molar-refractivity contribution in [3.8, 4) is 0 Å². The lowest BCUT2D eigenvalue weighted by atomic mass is 9.86. The fourth-order valence-corrected chi connectivity index (χ4v) is 3.77. The molecule has 2 aliphatic rings. The van der Waals surface area contributed by atoms with Crippen LogP contribution >= 0.6 is 0 Å². The highest BCUT2D eigenvalue weighted by Gasteiger charge is 2.55. The first-order valence-electron chi connectivity index (χ1n) is 7.95. The summed E-state index contributed by atoms with van der Waals surface area (Å²) in [6.07, 6.45) is -1.79. The summed E-state index contributed by atoms with van der Waals surface area (Å²) in [4.78, 5) is 0. The third-order valence-corrected chi connectivity index (χ3v) is 4.86. The van der Waals surface area contributed by atoms with Gasteiger partial charge >= 0.3 is 0 Å². The van der Waals surface area contributed by atoms with E-state index in [1.165, 1.54) is 0 Å². The molecule has 2 aliphatic heterocycles. The second-order valence-electron chi connectivity index (χ2n) is 6.28. The van der Waals surface area contributed by atoms with Crippen LogP contribution in [-0.2, 0) is 21.9 Å². The number of benzene rings is 2. The van der Waals surface area contributed by atoms with Gasteiger partial charge in [-0.3, -0.25) is 0 Å². The van der Waals surface area contributed by atoms with Crippen molar-refractivity contribution >= 4 is 10.8 Å². The van der Waals surface area contributed by atoms with Gasteiger partial charge in [0.25, 0.3) is 0 Å². The number of rotatable bonds is 2. The maximum Gasteiger partial charge on any atom is 0.226 e. The topological polar surface area (TPSA) is 79.2 Å². The predicted octanol–water partition coefficient (Wildman–Crippen LogP) is 1.42. The zero-order valence-corrected chi connectivity index (χ0v) is 12.7. The number of hydrogen-bond acceptors (Lipinski definition) is 5. The molecule has 0 unspecified atom stereocenters. The Kier molecular flexibility index (Phi) is 3.63. The van der Waals surface area contributed by atoms with Crippen LogP contribution in [0.5, 0.6) is 0 Å². The van der Waals surface area contributed by atoms with Gasteiger partial charge in [0.15, 0.2) is 0 Å². The van der Waals surface area contributed by atoms with Crippen LogP contribution in [0.4, 0.5) is 0 Å². The first-order chi connectivity index (χ1) is 11.2. The first kappa shape index (κ1) is 15.1. The van der Waals surface area contributed by atoms with Crippen molar-refractivity contribution in [2.75, 3.05) is 6.61 Å². The van der Waals surface area contributed by atoms with Gasteiger partial charge in [-0.1, -0.05) is 36.4 Å². The Morgan fingerprint density at radius 3 is 2.78 bits per heavy atom. The molecule has 1 fully saturated rings. The van der Waals surface area contributed by atoms with Crippen molar-refractivity contribution < 1.29 is 24.8 Å². The van der Waals surface area contributed by atoms with Gasteiger partial charge in [0, 0.05) is 18.6 Å². The van der Waals surface area contributed by atoms with Crippen LogP contribution in [0.1, 0.15) is 24.0 Å². The molecular formula is C18H20O5. The Labute approximate surface area is 134 Å². The third-order valence-electron chi connectivity index (χ3n) is 4.86. The Morgan fingerprint density at radius 2 is 1.96 bits per heavy atom. The number of aliphatic hydroxyl groups is 3. The zero-order valence-electron chi connectivity index (χ0n) is 12.7. The van der Waals surface area contributed by atoms with Crippen molar-refractivity contribution in [2.45, 2.75) is 43.5 Å². The standard InChI is InChI=1S/C18H20O5/c19-8-7-13-9-15(20)17(21)18(23-13)16-12(10-22-18)6-5-11-3-1-2-4-14(11)16/h1-6,13,15,17,19-21H,7-10H2/t13-,15+,17-,18-/m1/s1. The highest BCUT2D eigenvalue weighted by Crippen LogP contribution is 2.48. The summed E-state index contributed by atoms with van der Waals surface area (Å²) in [7, 11) is 0. The molecule has 5 nitrogen and oxygen atoms in total. The zero-order chi connectivity index (χ0) is 16.0. The second-order valence-corrected chi connectivity index (χ2v) is 6.28. The van der Waals surface area contributed by atoms with Crippen LogP contribution < -0.4 is 0 Å². The minimum atomic E-state index is -1.37. The molecule has 0 bridgehead atoms. The number of hydrogen-bond donors (Lipinski definition) is 3. The van der Waals surface area contributed by atoms with Crippen molar-refractivity contribution in [1.29, 1.82) is 0 Å². The molecule has 3 N–H and O–H groups in total. The SMILES string of the molecule is OCC[C@@H]1C[C@H](O)[C@@H](O)[C@]2(OCc3ccc4ccccc4c32)O1. The lowest BCUT2D eigenvalue weighted by Crippen LogP contribution is -2.56. The predicted molar refractivity (Wildman–Crippen MR) is 83.6 cm³/mol. The highest BCUT2D eigenvalue weighted by atomic mass is 16.7. The summed E-state index contributed by atoms with van der Waals surface area (Å²) < 4.78 is 12.0. The van der Waals surface area contributed by atoms with E-state index in [0.717, 1.165) is 21.9 Å². The molecule has 2 heterocycles. The first-order valence-corrected chi connectivity index (χ1v) is 7.95. The average molecular weight is 316 g/mol. The lowest BCUT2D eigenvalue weighted by molar-refractivity contribution is -0.345. The van der Waals surface area contributed by atoms with Gasteiger partial charge in [-0.2, -0.15) is 0 Å². The van der Waals surface area contributed by atoms with Crippen LogP contribution in [0.2, 0.25) is 0 Å². The second kappa shape index (κ2) is 5.54. The van der Waals surface area contributed by atoms with Gasteiger partial charge in [0.05, 0.1) is 18.8 Å². The molecule has 0 saturated carbocycles. The van der Waals surface area contributed by atoms with Crippen molar-refractivity contribution in [2.24, 2.45) is 0 Å². The molecule has 122 valence electrons. The van der Waals surface area contributed by atoms with Crippen LogP contribution in [0.25, 0.3) is 10.8 Å². The van der Waals surface area contributed by atoms with Gasteiger partial charge in [-0.15, -0.1) is 0 Å². The van der Waals surface area contributed by atoms with E-state index in [-0.39, 0.29) is 19.1 Å². The van der Waals surface area contributed by atoms with Gasteiger partial charge < -0.3 is 24.8 Å². The molecule has 0 aromatic heterocycles. The molecule has 2 aromatic carbocycles. The van der Waals surface area contributed by atoms with E-state index in [0.29, 0.717) is 13.0 Å². The minimum Gasteiger partial charge on any atom is -0.396 e. The van der Waals surface area contributed by atoms with Crippen molar-refractivity contribution in [3.05, 3.63) is 47.5 Å². The molecule has 2 aromatic rings. The summed E-state index contributed by atoms with van der Waals surface area (Å²) >= 11 is 0. The monoisotopic (exact) mass is 316 g/mol. The van der Waals surface area contributed by atoms with Crippen molar-refractivity contribution in [1.82, 2.24) is 0 Å². The Hall–Kier alpha value is -1.50. The molecular weight excluding hydrogens is 296 g/mol. The van der Waals surface area contributed by atoms with Gasteiger partial charge in [-0.25, -0.2) is 0 Å². The third kappa shape index (κ3) is 2.20. The summed E-state index contributed by atoms with van der Waals surface area (Å²) in [5.74, 6) is -1.37. The maximum absolute atomic E-state index is 10.7. The molecule has 0 amide bonds. The van der Waals surface area contributed by atoms with Crippen molar-refractivity contribution in [3.63, 3.8) is 0 Å². The number of fused-ring (bicyclic) bond motifs is 4. The molecule has 4 rings (SSSR count). The fourth-order valence-electron chi connectivity index (χ4n) is 3.77. The summed E-state index contributed by atoms with van der Waals surface area (Å²) in [5.41, 5.74) is 1.75. The Morgan fingerprint density at radius 1 is 1.13 bits per heavy atom. The number of ether oxygens (including phenoxy) is 2. The Balaban J connectivity index is 1.88. The Bertz CT molecular complexity index is 730. The van der Waals surface area contributed by atoms with E-state index in [9.17, 15) is 15.3 Å². The maximum atomic E-state index is 10.7. The van der Waals surface area contributed by atoms with Gasteiger partial charge in [0.1, 0.15) is 6.10 Å². The van der Waals surface area contributed by atoms with Gasteiger partial charge in [-0.05, 0) is 22.8 Å². The highest BCUT2D eigenvalue weighted by molar-refractivity contribution is 5.88. The minimum absolute atomic E-state index is 0.0358. The van der Waals surface area contributed by atoms with Crippen LogP contribution in [-0.4, -0.2) is 40.2 Å². The molecule has 0 aliphatic carbocycles. The van der Waals surface area contributed by atoms with Crippen LogP contribution in [0.3, 0.4) is 0 Å². The van der Waals surface area contributed by atoms with Crippen LogP contribution in [0.15, 0.2) is 36.4 Å². The lowest BCUT2D eigenvalue weighted by Gasteiger charge is -2.44.